The molecule has 1 amide bonds. The number of aryl methyl sites for hydroxylation is 1. The topological polar surface area (TPSA) is 76.6 Å². The fourth-order valence-electron chi connectivity index (χ4n) is 3.40. The van der Waals surface area contributed by atoms with E-state index in [9.17, 15) is 4.79 Å². The molecule has 2 aromatic rings. The van der Waals surface area contributed by atoms with Crippen LogP contribution in [0.3, 0.4) is 0 Å². The Morgan fingerprint density at radius 2 is 1.96 bits per heavy atom. The van der Waals surface area contributed by atoms with Gasteiger partial charge in [-0.05, 0) is 38.3 Å². The maximum atomic E-state index is 12.5. The summed E-state index contributed by atoms with van der Waals surface area (Å²) >= 11 is 0. The van der Waals surface area contributed by atoms with E-state index >= 15 is 0 Å². The molecule has 0 spiro atoms. The van der Waals surface area contributed by atoms with Gasteiger partial charge in [0.25, 0.3) is 5.91 Å². The van der Waals surface area contributed by atoms with E-state index < -0.39 is 6.10 Å². The van der Waals surface area contributed by atoms with Gasteiger partial charge in [0.1, 0.15) is 18.2 Å². The minimum absolute atomic E-state index is 0.191. The highest BCUT2D eigenvalue weighted by Crippen LogP contribution is 2.30. The normalized spacial score (nSPS) is 18.9. The fourth-order valence-corrected chi connectivity index (χ4v) is 3.40. The average molecular weight is 368 g/mol. The summed E-state index contributed by atoms with van der Waals surface area (Å²) < 4.78 is 11.3. The molecular weight excluding hydrogens is 344 g/mol. The van der Waals surface area contributed by atoms with Gasteiger partial charge in [0.15, 0.2) is 11.5 Å². The van der Waals surface area contributed by atoms with E-state index in [-0.39, 0.29) is 19.1 Å². The lowest BCUT2D eigenvalue weighted by atomic mass is 10.1. The van der Waals surface area contributed by atoms with Gasteiger partial charge >= 0.3 is 0 Å². The molecule has 0 bridgehead atoms. The van der Waals surface area contributed by atoms with Crippen LogP contribution in [-0.4, -0.2) is 41.7 Å². The number of rotatable bonds is 4. The van der Waals surface area contributed by atoms with E-state index in [1.54, 1.807) is 6.07 Å². The third kappa shape index (κ3) is 4.13. The first-order chi connectivity index (χ1) is 13.2. The standard InChI is InChI=1S/C20H24N4O3/c1-14-11-19(24-9-5-2-6-10-24)23-18(22-14)12-21-20(25)17-13-26-15-7-3-4-8-16(15)27-17/h3-4,7-8,11,17H,2,5-6,9-10,12-13H2,1H3,(H,21,25). The van der Waals surface area contributed by atoms with Gasteiger partial charge in [0.2, 0.25) is 6.10 Å². The predicted octanol–water partition coefficient (Wildman–Crippen LogP) is 2.23. The first-order valence-corrected chi connectivity index (χ1v) is 9.45. The van der Waals surface area contributed by atoms with Gasteiger partial charge in [-0.15, -0.1) is 0 Å². The molecular formula is C20H24N4O3. The van der Waals surface area contributed by atoms with Crippen LogP contribution in [0.15, 0.2) is 30.3 Å². The van der Waals surface area contributed by atoms with Gasteiger partial charge in [-0.25, -0.2) is 9.97 Å². The Morgan fingerprint density at radius 1 is 1.19 bits per heavy atom. The Morgan fingerprint density at radius 3 is 2.78 bits per heavy atom. The van der Waals surface area contributed by atoms with Gasteiger partial charge in [-0.3, -0.25) is 4.79 Å². The summed E-state index contributed by atoms with van der Waals surface area (Å²) in [6.07, 6.45) is 2.98. The molecule has 142 valence electrons. The Bertz CT molecular complexity index is 821. The number of nitrogens with one attached hydrogen (secondary N) is 1. The number of piperidine rings is 1. The summed E-state index contributed by atoms with van der Waals surface area (Å²) in [5.74, 6) is 2.57. The highest BCUT2D eigenvalue weighted by Gasteiger charge is 2.27. The molecule has 2 aliphatic heterocycles. The molecule has 0 saturated carbocycles. The maximum Gasteiger partial charge on any atom is 0.265 e. The van der Waals surface area contributed by atoms with Crippen LogP contribution >= 0.6 is 0 Å². The number of carbonyl (C=O) groups is 1. The van der Waals surface area contributed by atoms with Crippen LogP contribution in [-0.2, 0) is 11.3 Å². The highest BCUT2D eigenvalue weighted by molar-refractivity contribution is 5.81. The number of hydrogen-bond donors (Lipinski definition) is 1. The van der Waals surface area contributed by atoms with E-state index in [0.29, 0.717) is 17.3 Å². The molecule has 4 rings (SSSR count). The van der Waals surface area contributed by atoms with Gasteiger partial charge in [-0.1, -0.05) is 12.1 Å². The van der Waals surface area contributed by atoms with Crippen molar-refractivity contribution in [2.75, 3.05) is 24.6 Å². The summed E-state index contributed by atoms with van der Waals surface area (Å²) in [5.41, 5.74) is 0.904. The second-order valence-corrected chi connectivity index (χ2v) is 6.91. The number of para-hydroxylation sites is 2. The van der Waals surface area contributed by atoms with Gasteiger partial charge in [-0.2, -0.15) is 0 Å². The number of anilines is 1. The molecule has 1 N–H and O–H groups in total. The van der Waals surface area contributed by atoms with Crippen molar-refractivity contribution in [2.24, 2.45) is 0 Å². The van der Waals surface area contributed by atoms with Crippen molar-refractivity contribution in [1.82, 2.24) is 15.3 Å². The Hall–Kier alpha value is -2.83. The van der Waals surface area contributed by atoms with E-state index in [1.807, 2.05) is 31.2 Å². The number of ether oxygens (including phenoxy) is 2. The minimum atomic E-state index is -0.675. The van der Waals surface area contributed by atoms with Gasteiger partial charge in [0.05, 0.1) is 6.54 Å². The van der Waals surface area contributed by atoms with Crippen LogP contribution < -0.4 is 19.7 Å². The van der Waals surface area contributed by atoms with Crippen molar-refractivity contribution in [3.8, 4) is 11.5 Å². The Labute approximate surface area is 158 Å². The molecule has 27 heavy (non-hydrogen) atoms. The van der Waals surface area contributed by atoms with E-state index in [1.165, 1.54) is 19.3 Å². The Kier molecular flexibility index (Phi) is 5.09. The van der Waals surface area contributed by atoms with Crippen LogP contribution in [0.25, 0.3) is 0 Å². The lowest BCUT2D eigenvalue weighted by Crippen LogP contribution is -2.43. The fraction of sp³-hybridized carbons (Fsp3) is 0.450. The lowest BCUT2D eigenvalue weighted by Gasteiger charge is -2.28. The van der Waals surface area contributed by atoms with Crippen molar-refractivity contribution in [2.45, 2.75) is 38.8 Å². The third-order valence-corrected chi connectivity index (χ3v) is 4.79. The van der Waals surface area contributed by atoms with Crippen LogP contribution in [0, 0.1) is 6.92 Å². The first kappa shape index (κ1) is 17.6. The quantitative estimate of drug-likeness (QED) is 0.892. The zero-order valence-corrected chi connectivity index (χ0v) is 15.5. The van der Waals surface area contributed by atoms with E-state index in [4.69, 9.17) is 9.47 Å². The molecule has 1 aromatic heterocycles. The largest absolute Gasteiger partial charge is 0.485 e. The molecule has 7 heteroatoms. The third-order valence-electron chi connectivity index (χ3n) is 4.79. The lowest BCUT2D eigenvalue weighted by molar-refractivity contribution is -0.130. The smallest absolute Gasteiger partial charge is 0.265 e. The molecule has 2 aliphatic rings. The van der Waals surface area contributed by atoms with Gasteiger partial charge in [0, 0.05) is 24.8 Å². The molecule has 1 unspecified atom stereocenters. The number of aromatic nitrogens is 2. The number of carbonyl (C=O) groups excluding carboxylic acids is 1. The molecule has 3 heterocycles. The Balaban J connectivity index is 1.38. The molecule has 1 saturated heterocycles. The minimum Gasteiger partial charge on any atom is -0.485 e. The summed E-state index contributed by atoms with van der Waals surface area (Å²) in [6, 6.07) is 9.35. The van der Waals surface area contributed by atoms with Crippen molar-refractivity contribution in [3.63, 3.8) is 0 Å². The van der Waals surface area contributed by atoms with Crippen LogP contribution in [0.1, 0.15) is 30.8 Å². The highest BCUT2D eigenvalue weighted by atomic mass is 16.6. The number of amides is 1. The number of hydrogen-bond acceptors (Lipinski definition) is 6. The SMILES string of the molecule is Cc1cc(N2CCCCC2)nc(CNC(=O)C2COc3ccccc3O2)n1. The number of nitrogens with zero attached hydrogens (tertiary/aromatic N) is 3. The number of benzene rings is 1. The van der Waals surface area contributed by atoms with Gasteiger partial charge < -0.3 is 19.7 Å². The molecule has 0 radical (unpaired) electrons. The summed E-state index contributed by atoms with van der Waals surface area (Å²) in [6.45, 7) is 4.46. The predicted molar refractivity (Wildman–Crippen MR) is 101 cm³/mol. The first-order valence-electron chi connectivity index (χ1n) is 9.45. The zero-order valence-electron chi connectivity index (χ0n) is 15.5. The van der Waals surface area contributed by atoms with E-state index in [2.05, 4.69) is 20.2 Å². The molecule has 1 aromatic carbocycles. The maximum absolute atomic E-state index is 12.5. The molecule has 0 aliphatic carbocycles. The summed E-state index contributed by atoms with van der Waals surface area (Å²) in [5, 5.41) is 2.87. The van der Waals surface area contributed by atoms with Crippen LogP contribution in [0.5, 0.6) is 11.5 Å². The second-order valence-electron chi connectivity index (χ2n) is 6.91. The van der Waals surface area contributed by atoms with Crippen molar-refractivity contribution in [1.29, 1.82) is 0 Å². The second kappa shape index (κ2) is 7.82. The molecule has 1 fully saturated rings. The van der Waals surface area contributed by atoms with Crippen LogP contribution in [0.4, 0.5) is 5.82 Å². The van der Waals surface area contributed by atoms with Crippen LogP contribution in [0.2, 0.25) is 0 Å². The van der Waals surface area contributed by atoms with E-state index in [0.717, 1.165) is 24.6 Å². The average Bonchev–Trinajstić information content (AvgIpc) is 2.72. The van der Waals surface area contributed by atoms with Crippen molar-refractivity contribution < 1.29 is 14.3 Å². The molecule has 1 atom stereocenters. The monoisotopic (exact) mass is 368 g/mol. The number of fused-ring (bicyclic) bond motifs is 1. The summed E-state index contributed by atoms with van der Waals surface area (Å²) in [4.78, 5) is 23.9. The molecule has 7 nitrogen and oxygen atoms in total. The summed E-state index contributed by atoms with van der Waals surface area (Å²) in [7, 11) is 0. The van der Waals surface area contributed by atoms with Crippen molar-refractivity contribution in [3.05, 3.63) is 41.9 Å². The zero-order chi connectivity index (χ0) is 18.6. The van der Waals surface area contributed by atoms with Crippen molar-refractivity contribution >= 4 is 11.7 Å².